The van der Waals surface area contributed by atoms with Gasteiger partial charge in [-0.3, -0.25) is 0 Å². The highest BCUT2D eigenvalue weighted by Gasteiger charge is 2.30. The number of halogens is 1. The molecule has 20 heavy (non-hydrogen) atoms. The summed E-state index contributed by atoms with van der Waals surface area (Å²) in [7, 11) is 0. The van der Waals surface area contributed by atoms with Crippen molar-refractivity contribution in [3.05, 3.63) is 35.4 Å². The van der Waals surface area contributed by atoms with E-state index >= 15 is 4.39 Å². The fourth-order valence-corrected chi connectivity index (χ4v) is 2.83. The second-order valence-corrected chi connectivity index (χ2v) is 6.43. The predicted molar refractivity (Wildman–Crippen MR) is 80.7 cm³/mol. The summed E-state index contributed by atoms with van der Waals surface area (Å²) in [5.74, 6) is 0.588. The number of nitrogens with one attached hydrogen (secondary N) is 1. The number of rotatable bonds is 5. The molecule has 0 aliphatic carbocycles. The van der Waals surface area contributed by atoms with E-state index in [0.717, 1.165) is 25.1 Å². The SMILES string of the molecule is CC(C)Cc1cccc(C(C)(F)CC2COCCN2)c1. The number of alkyl halides is 1. The standard InChI is InChI=1S/C17H26FNO/c1-13(2)9-14-5-4-6-15(10-14)17(3,18)11-16-12-20-8-7-19-16/h4-6,10,13,16,19H,7-9,11-12H2,1-3H3. The fourth-order valence-electron chi connectivity index (χ4n) is 2.83. The Bertz CT molecular complexity index is 425. The third-order valence-electron chi connectivity index (χ3n) is 3.80. The van der Waals surface area contributed by atoms with E-state index in [0.29, 0.717) is 18.9 Å². The van der Waals surface area contributed by atoms with Crippen molar-refractivity contribution in [1.82, 2.24) is 5.32 Å². The van der Waals surface area contributed by atoms with Crippen LogP contribution in [0.4, 0.5) is 4.39 Å². The zero-order valence-electron chi connectivity index (χ0n) is 12.8. The van der Waals surface area contributed by atoms with Gasteiger partial charge in [-0.25, -0.2) is 4.39 Å². The molecule has 1 heterocycles. The molecule has 1 aliphatic heterocycles. The van der Waals surface area contributed by atoms with Crippen LogP contribution in [0.1, 0.15) is 38.3 Å². The van der Waals surface area contributed by atoms with E-state index in [1.807, 2.05) is 18.2 Å². The van der Waals surface area contributed by atoms with Gasteiger partial charge in [0.25, 0.3) is 0 Å². The number of benzene rings is 1. The zero-order valence-corrected chi connectivity index (χ0v) is 12.8. The molecule has 3 heteroatoms. The maximum absolute atomic E-state index is 15.0. The Balaban J connectivity index is 2.07. The van der Waals surface area contributed by atoms with Crippen molar-refractivity contribution < 1.29 is 9.13 Å². The lowest BCUT2D eigenvalue weighted by molar-refractivity contribution is 0.0474. The van der Waals surface area contributed by atoms with Crippen LogP contribution in [0.5, 0.6) is 0 Å². The summed E-state index contributed by atoms with van der Waals surface area (Å²) < 4.78 is 20.4. The van der Waals surface area contributed by atoms with Gasteiger partial charge in [-0.15, -0.1) is 0 Å². The molecule has 0 aromatic heterocycles. The molecule has 1 aromatic rings. The topological polar surface area (TPSA) is 21.3 Å². The smallest absolute Gasteiger partial charge is 0.134 e. The van der Waals surface area contributed by atoms with Gasteiger partial charge in [-0.2, -0.15) is 0 Å². The molecule has 0 saturated carbocycles. The van der Waals surface area contributed by atoms with Crippen molar-refractivity contribution in [1.29, 1.82) is 0 Å². The van der Waals surface area contributed by atoms with Crippen LogP contribution in [0, 0.1) is 5.92 Å². The van der Waals surface area contributed by atoms with Crippen molar-refractivity contribution in [2.75, 3.05) is 19.8 Å². The first kappa shape index (κ1) is 15.5. The van der Waals surface area contributed by atoms with E-state index in [2.05, 4.69) is 25.2 Å². The number of hydrogen-bond donors (Lipinski definition) is 1. The molecule has 1 saturated heterocycles. The molecule has 0 radical (unpaired) electrons. The van der Waals surface area contributed by atoms with Crippen LogP contribution >= 0.6 is 0 Å². The van der Waals surface area contributed by atoms with Gasteiger partial charge in [-0.05, 0) is 30.4 Å². The summed E-state index contributed by atoms with van der Waals surface area (Å²) in [5, 5.41) is 3.33. The molecule has 2 nitrogen and oxygen atoms in total. The number of hydrogen-bond acceptors (Lipinski definition) is 2. The Morgan fingerprint density at radius 1 is 1.45 bits per heavy atom. The van der Waals surface area contributed by atoms with Crippen LogP contribution in [0.2, 0.25) is 0 Å². The van der Waals surface area contributed by atoms with Crippen molar-refractivity contribution in [3.8, 4) is 0 Å². The summed E-state index contributed by atoms with van der Waals surface area (Å²) in [6.07, 6.45) is 1.45. The molecule has 1 N–H and O–H groups in total. The minimum Gasteiger partial charge on any atom is -0.379 e. The first-order valence-electron chi connectivity index (χ1n) is 7.57. The summed E-state index contributed by atoms with van der Waals surface area (Å²) in [5.41, 5.74) is 0.683. The minimum absolute atomic E-state index is 0.104. The predicted octanol–water partition coefficient (Wildman–Crippen LogP) is 3.45. The minimum atomic E-state index is -1.31. The Hall–Kier alpha value is -0.930. The van der Waals surface area contributed by atoms with E-state index in [1.54, 1.807) is 6.92 Å². The third-order valence-corrected chi connectivity index (χ3v) is 3.80. The van der Waals surface area contributed by atoms with Gasteiger partial charge in [-0.1, -0.05) is 38.1 Å². The normalized spacial score (nSPS) is 22.8. The van der Waals surface area contributed by atoms with Crippen molar-refractivity contribution >= 4 is 0 Å². The monoisotopic (exact) mass is 279 g/mol. The Kier molecular flexibility index (Phi) is 5.17. The van der Waals surface area contributed by atoms with Gasteiger partial charge >= 0.3 is 0 Å². The lowest BCUT2D eigenvalue weighted by Gasteiger charge is -2.30. The highest BCUT2D eigenvalue weighted by Crippen LogP contribution is 2.32. The zero-order chi connectivity index (χ0) is 14.6. The molecule has 1 aliphatic rings. The van der Waals surface area contributed by atoms with E-state index in [4.69, 9.17) is 4.74 Å². The van der Waals surface area contributed by atoms with Gasteiger partial charge in [0, 0.05) is 19.0 Å². The average molecular weight is 279 g/mol. The van der Waals surface area contributed by atoms with Gasteiger partial charge < -0.3 is 10.1 Å². The summed E-state index contributed by atoms with van der Waals surface area (Å²) in [6, 6.07) is 8.07. The van der Waals surface area contributed by atoms with Crippen LogP contribution in [-0.4, -0.2) is 25.8 Å². The Morgan fingerprint density at radius 3 is 2.90 bits per heavy atom. The number of ether oxygens (including phenoxy) is 1. The molecule has 2 atom stereocenters. The first-order valence-corrected chi connectivity index (χ1v) is 7.57. The maximum Gasteiger partial charge on any atom is 0.134 e. The first-order chi connectivity index (χ1) is 9.47. The van der Waals surface area contributed by atoms with Crippen LogP contribution in [-0.2, 0) is 16.8 Å². The van der Waals surface area contributed by atoms with Crippen LogP contribution < -0.4 is 5.32 Å². The Morgan fingerprint density at radius 2 is 2.25 bits per heavy atom. The van der Waals surface area contributed by atoms with E-state index in [-0.39, 0.29) is 6.04 Å². The fraction of sp³-hybridized carbons (Fsp3) is 0.647. The summed E-state index contributed by atoms with van der Waals surface area (Å²) in [4.78, 5) is 0. The molecular formula is C17H26FNO. The molecule has 1 fully saturated rings. The largest absolute Gasteiger partial charge is 0.379 e. The molecule has 1 aromatic carbocycles. The van der Waals surface area contributed by atoms with Crippen molar-refractivity contribution in [2.45, 2.75) is 45.3 Å². The molecule has 0 bridgehead atoms. The Labute approximate surface area is 121 Å². The lowest BCUT2D eigenvalue weighted by atomic mass is 9.88. The van der Waals surface area contributed by atoms with Crippen LogP contribution in [0.15, 0.2) is 24.3 Å². The van der Waals surface area contributed by atoms with Gasteiger partial charge in [0.15, 0.2) is 0 Å². The summed E-state index contributed by atoms with van der Waals surface area (Å²) >= 11 is 0. The van der Waals surface area contributed by atoms with E-state index in [9.17, 15) is 0 Å². The molecule has 2 unspecified atom stereocenters. The second-order valence-electron chi connectivity index (χ2n) is 6.43. The quantitative estimate of drug-likeness (QED) is 0.891. The highest BCUT2D eigenvalue weighted by atomic mass is 19.1. The van der Waals surface area contributed by atoms with E-state index < -0.39 is 5.67 Å². The van der Waals surface area contributed by atoms with Crippen LogP contribution in [0.3, 0.4) is 0 Å². The molecule has 2 rings (SSSR count). The third kappa shape index (κ3) is 4.29. The molecular weight excluding hydrogens is 253 g/mol. The van der Waals surface area contributed by atoms with Gasteiger partial charge in [0.2, 0.25) is 0 Å². The van der Waals surface area contributed by atoms with Crippen molar-refractivity contribution in [2.24, 2.45) is 5.92 Å². The van der Waals surface area contributed by atoms with Crippen LogP contribution in [0.25, 0.3) is 0 Å². The highest BCUT2D eigenvalue weighted by molar-refractivity contribution is 5.28. The van der Waals surface area contributed by atoms with E-state index in [1.165, 1.54) is 5.56 Å². The van der Waals surface area contributed by atoms with Gasteiger partial charge in [0.1, 0.15) is 5.67 Å². The molecule has 0 spiro atoms. The molecule has 0 amide bonds. The van der Waals surface area contributed by atoms with Crippen molar-refractivity contribution in [3.63, 3.8) is 0 Å². The average Bonchev–Trinajstić information content (AvgIpc) is 2.39. The summed E-state index contributed by atoms with van der Waals surface area (Å²) in [6.45, 7) is 8.19. The lowest BCUT2D eigenvalue weighted by Crippen LogP contribution is -2.44. The maximum atomic E-state index is 15.0. The van der Waals surface area contributed by atoms with Gasteiger partial charge in [0.05, 0.1) is 13.2 Å². The molecule has 112 valence electrons. The number of morpholine rings is 1. The second kappa shape index (κ2) is 6.68.